The molecule has 0 fully saturated rings. The van der Waals surface area contributed by atoms with E-state index in [0.717, 1.165) is 5.69 Å². The van der Waals surface area contributed by atoms with E-state index in [0.29, 0.717) is 11.3 Å². The van der Waals surface area contributed by atoms with Crippen molar-refractivity contribution in [2.75, 3.05) is 7.11 Å². The van der Waals surface area contributed by atoms with Crippen molar-refractivity contribution in [1.82, 2.24) is 15.6 Å². The topological polar surface area (TPSA) is 99.6 Å². The van der Waals surface area contributed by atoms with Crippen LogP contribution >= 0.6 is 0 Å². The Kier molecular flexibility index (Phi) is 3.99. The molecule has 2 rings (SSSR count). The largest absolute Gasteiger partial charge is 0.504 e. The van der Waals surface area contributed by atoms with Gasteiger partial charge in [0.15, 0.2) is 17.2 Å². The Balaban J connectivity index is 2.01. The molecule has 1 aromatic carbocycles. The molecule has 0 bridgehead atoms. The van der Waals surface area contributed by atoms with E-state index in [1.807, 2.05) is 0 Å². The van der Waals surface area contributed by atoms with Gasteiger partial charge in [0.25, 0.3) is 5.91 Å². The van der Waals surface area contributed by atoms with Crippen molar-refractivity contribution in [2.24, 2.45) is 5.10 Å². The van der Waals surface area contributed by atoms with E-state index < -0.39 is 5.91 Å². The number of phenols is 1. The van der Waals surface area contributed by atoms with Crippen LogP contribution in [0.4, 0.5) is 0 Å². The van der Waals surface area contributed by atoms with Gasteiger partial charge in [-0.05, 0) is 36.8 Å². The first-order valence-corrected chi connectivity index (χ1v) is 5.82. The first-order chi connectivity index (χ1) is 9.60. The SMILES string of the molecule is COc1cc(/C=N\NC(=O)c2cc(C)[nH]n2)ccc1O. The highest BCUT2D eigenvalue weighted by atomic mass is 16.5. The van der Waals surface area contributed by atoms with Crippen molar-refractivity contribution in [3.8, 4) is 11.5 Å². The van der Waals surface area contributed by atoms with Crippen LogP contribution in [0.15, 0.2) is 29.4 Å². The number of hydrogen-bond acceptors (Lipinski definition) is 5. The summed E-state index contributed by atoms with van der Waals surface area (Å²) in [6, 6.07) is 6.35. The Morgan fingerprint density at radius 3 is 2.95 bits per heavy atom. The summed E-state index contributed by atoms with van der Waals surface area (Å²) in [6.07, 6.45) is 1.44. The van der Waals surface area contributed by atoms with Crippen molar-refractivity contribution < 1.29 is 14.6 Å². The van der Waals surface area contributed by atoms with Gasteiger partial charge < -0.3 is 9.84 Å². The summed E-state index contributed by atoms with van der Waals surface area (Å²) in [5, 5.41) is 19.8. The number of aryl methyl sites for hydroxylation is 1. The van der Waals surface area contributed by atoms with E-state index in [1.165, 1.54) is 19.4 Å². The van der Waals surface area contributed by atoms with Gasteiger partial charge in [-0.3, -0.25) is 9.89 Å². The van der Waals surface area contributed by atoms with E-state index >= 15 is 0 Å². The minimum Gasteiger partial charge on any atom is -0.504 e. The molecule has 0 radical (unpaired) electrons. The van der Waals surface area contributed by atoms with Crippen molar-refractivity contribution >= 4 is 12.1 Å². The number of ether oxygens (including phenoxy) is 1. The van der Waals surface area contributed by atoms with Gasteiger partial charge in [0.05, 0.1) is 13.3 Å². The number of phenolic OH excluding ortho intramolecular Hbond substituents is 1. The lowest BCUT2D eigenvalue weighted by Crippen LogP contribution is -2.18. The number of amides is 1. The Labute approximate surface area is 115 Å². The zero-order valence-corrected chi connectivity index (χ0v) is 11.0. The van der Waals surface area contributed by atoms with Gasteiger partial charge >= 0.3 is 0 Å². The maximum absolute atomic E-state index is 11.7. The summed E-state index contributed by atoms with van der Waals surface area (Å²) < 4.78 is 4.97. The highest BCUT2D eigenvalue weighted by molar-refractivity contribution is 5.93. The molecular formula is C13H14N4O3. The summed E-state index contributed by atoms with van der Waals surface area (Å²) in [6.45, 7) is 1.80. The van der Waals surface area contributed by atoms with E-state index in [2.05, 4.69) is 20.7 Å². The minimum absolute atomic E-state index is 0.0423. The third-order valence-electron chi connectivity index (χ3n) is 2.52. The number of H-pyrrole nitrogens is 1. The number of nitrogens with zero attached hydrogens (tertiary/aromatic N) is 2. The number of hydrazone groups is 1. The molecule has 0 atom stereocenters. The van der Waals surface area contributed by atoms with E-state index in [-0.39, 0.29) is 11.4 Å². The predicted octanol–water partition coefficient (Wildman–Crippen LogP) is 1.20. The zero-order chi connectivity index (χ0) is 14.5. The number of methoxy groups -OCH3 is 1. The molecule has 3 N–H and O–H groups in total. The number of nitrogens with one attached hydrogen (secondary N) is 2. The lowest BCUT2D eigenvalue weighted by atomic mass is 10.2. The summed E-state index contributed by atoms with van der Waals surface area (Å²) in [7, 11) is 1.46. The smallest absolute Gasteiger partial charge is 0.291 e. The Morgan fingerprint density at radius 2 is 2.30 bits per heavy atom. The molecule has 0 saturated carbocycles. The Hall–Kier alpha value is -2.83. The van der Waals surface area contributed by atoms with Crippen LogP contribution < -0.4 is 10.2 Å². The van der Waals surface area contributed by atoms with Gasteiger partial charge in [0, 0.05) is 5.69 Å². The normalized spacial score (nSPS) is 10.7. The second-order valence-electron chi connectivity index (χ2n) is 4.07. The van der Waals surface area contributed by atoms with Crippen molar-refractivity contribution in [1.29, 1.82) is 0 Å². The summed E-state index contributed by atoms with van der Waals surface area (Å²) in [5.74, 6) is -0.0276. The summed E-state index contributed by atoms with van der Waals surface area (Å²) in [5.41, 5.74) is 4.10. The Morgan fingerprint density at radius 1 is 1.50 bits per heavy atom. The molecule has 7 nitrogen and oxygen atoms in total. The van der Waals surface area contributed by atoms with Gasteiger partial charge in [-0.1, -0.05) is 0 Å². The highest BCUT2D eigenvalue weighted by Gasteiger charge is 2.07. The van der Waals surface area contributed by atoms with E-state index in [4.69, 9.17) is 4.74 Å². The van der Waals surface area contributed by atoms with Gasteiger partial charge in [0.2, 0.25) is 0 Å². The van der Waals surface area contributed by atoms with E-state index in [1.54, 1.807) is 25.1 Å². The molecule has 7 heteroatoms. The molecule has 0 saturated heterocycles. The van der Waals surface area contributed by atoms with Crippen molar-refractivity contribution in [2.45, 2.75) is 6.92 Å². The fourth-order valence-electron chi connectivity index (χ4n) is 1.53. The highest BCUT2D eigenvalue weighted by Crippen LogP contribution is 2.25. The standard InChI is InChI=1S/C13H14N4O3/c1-8-5-10(16-15-8)13(19)17-14-7-9-3-4-11(18)12(6-9)20-2/h3-7,18H,1-2H3,(H,15,16)(H,17,19)/b14-7-. The van der Waals surface area contributed by atoms with Crippen LogP contribution in [-0.2, 0) is 0 Å². The molecular weight excluding hydrogens is 260 g/mol. The number of aromatic hydroxyl groups is 1. The lowest BCUT2D eigenvalue weighted by molar-refractivity contribution is 0.0950. The molecule has 20 heavy (non-hydrogen) atoms. The minimum atomic E-state index is -0.406. The van der Waals surface area contributed by atoms with Gasteiger partial charge in [-0.15, -0.1) is 0 Å². The van der Waals surface area contributed by atoms with Gasteiger partial charge in [-0.25, -0.2) is 5.43 Å². The van der Waals surface area contributed by atoms with E-state index in [9.17, 15) is 9.90 Å². The lowest BCUT2D eigenvalue weighted by Gasteiger charge is -2.03. The second kappa shape index (κ2) is 5.87. The molecule has 2 aromatic rings. The fraction of sp³-hybridized carbons (Fsp3) is 0.154. The molecule has 1 heterocycles. The maximum atomic E-state index is 11.7. The summed E-state index contributed by atoms with van der Waals surface area (Å²) >= 11 is 0. The van der Waals surface area contributed by atoms with Crippen LogP contribution in [-0.4, -0.2) is 34.5 Å². The fourth-order valence-corrected chi connectivity index (χ4v) is 1.53. The monoisotopic (exact) mass is 274 g/mol. The molecule has 0 spiro atoms. The van der Waals surface area contributed by atoms with Crippen LogP contribution in [0.5, 0.6) is 11.5 Å². The number of aromatic nitrogens is 2. The molecule has 1 amide bonds. The third kappa shape index (κ3) is 3.14. The van der Waals surface area contributed by atoms with Crippen molar-refractivity contribution in [3.63, 3.8) is 0 Å². The van der Waals surface area contributed by atoms with Gasteiger partial charge in [0.1, 0.15) is 0 Å². The maximum Gasteiger partial charge on any atom is 0.291 e. The number of carbonyl (C=O) groups excluding carboxylic acids is 1. The van der Waals surface area contributed by atoms with Crippen LogP contribution in [0.1, 0.15) is 21.7 Å². The third-order valence-corrected chi connectivity index (χ3v) is 2.52. The number of carbonyl (C=O) groups is 1. The summed E-state index contributed by atoms with van der Waals surface area (Å²) in [4.78, 5) is 11.7. The first kappa shape index (κ1) is 13.6. The molecule has 104 valence electrons. The first-order valence-electron chi connectivity index (χ1n) is 5.82. The van der Waals surface area contributed by atoms with Crippen LogP contribution in [0, 0.1) is 6.92 Å². The Bertz CT molecular complexity index is 649. The van der Waals surface area contributed by atoms with Gasteiger partial charge in [-0.2, -0.15) is 10.2 Å². The molecule has 0 aliphatic carbocycles. The molecule has 0 aliphatic heterocycles. The molecule has 0 aliphatic rings. The van der Waals surface area contributed by atoms with Crippen molar-refractivity contribution in [3.05, 3.63) is 41.2 Å². The van der Waals surface area contributed by atoms with Crippen LogP contribution in [0.25, 0.3) is 0 Å². The van der Waals surface area contributed by atoms with Crippen LogP contribution in [0.3, 0.4) is 0 Å². The zero-order valence-electron chi connectivity index (χ0n) is 11.0. The average Bonchev–Trinajstić information content (AvgIpc) is 2.87. The predicted molar refractivity (Wildman–Crippen MR) is 73.0 cm³/mol. The average molecular weight is 274 g/mol. The second-order valence-corrected chi connectivity index (χ2v) is 4.07. The number of rotatable bonds is 4. The number of benzene rings is 1. The van der Waals surface area contributed by atoms with Crippen LogP contribution in [0.2, 0.25) is 0 Å². The number of hydrogen-bond donors (Lipinski definition) is 3. The number of aromatic amines is 1. The quantitative estimate of drug-likeness (QED) is 0.576. The molecule has 1 aromatic heterocycles. The molecule has 0 unspecified atom stereocenters.